The molecule has 1 unspecified atom stereocenters. The molecule has 1 rings (SSSR count). The van der Waals surface area contributed by atoms with E-state index in [1.54, 1.807) is 0 Å². The van der Waals surface area contributed by atoms with Crippen LogP contribution in [0.15, 0.2) is 0 Å². The lowest BCUT2D eigenvalue weighted by Gasteiger charge is -2.33. The molecule has 0 radical (unpaired) electrons. The Morgan fingerprint density at radius 1 is 1.64 bits per heavy atom. The van der Waals surface area contributed by atoms with Gasteiger partial charge in [0.05, 0.1) is 12.0 Å². The average Bonchev–Trinajstić information content (AvgIpc) is 1.95. The molecule has 0 aromatic heterocycles. The third-order valence-corrected chi connectivity index (χ3v) is 2.31. The smallest absolute Gasteiger partial charge is 0.0666 e. The largest absolute Gasteiger partial charge is 0.313 e. The Hall–Kier alpha value is -0.550. The molecule has 0 saturated heterocycles. The van der Waals surface area contributed by atoms with Crippen molar-refractivity contribution in [1.29, 1.82) is 5.26 Å². The summed E-state index contributed by atoms with van der Waals surface area (Å²) in [6, 6.07) is 2.91. The number of rotatable bonds is 3. The first kappa shape index (κ1) is 8.55. The summed E-state index contributed by atoms with van der Waals surface area (Å²) in [7, 11) is 0. The Kier molecular flexibility index (Phi) is 2.90. The van der Waals surface area contributed by atoms with E-state index < -0.39 is 0 Å². The molecule has 0 bridgehead atoms. The summed E-state index contributed by atoms with van der Waals surface area (Å²) in [4.78, 5) is 0. The average molecular weight is 152 g/mol. The SMILES string of the molecule is CC(C#N)CNC1CC(C)C1. The van der Waals surface area contributed by atoms with Crippen LogP contribution in [0.2, 0.25) is 0 Å². The van der Waals surface area contributed by atoms with Gasteiger partial charge in [-0.05, 0) is 25.7 Å². The molecule has 1 fully saturated rings. The quantitative estimate of drug-likeness (QED) is 0.665. The van der Waals surface area contributed by atoms with Gasteiger partial charge in [0.15, 0.2) is 0 Å². The molecule has 0 spiro atoms. The first-order valence-corrected chi connectivity index (χ1v) is 4.35. The van der Waals surface area contributed by atoms with Gasteiger partial charge in [-0.25, -0.2) is 0 Å². The summed E-state index contributed by atoms with van der Waals surface area (Å²) < 4.78 is 0. The molecule has 1 aliphatic carbocycles. The minimum atomic E-state index is 0.158. The molecular weight excluding hydrogens is 136 g/mol. The normalized spacial score (nSPS) is 32.1. The highest BCUT2D eigenvalue weighted by atomic mass is 14.9. The molecule has 2 nitrogen and oxygen atoms in total. The number of nitrogens with one attached hydrogen (secondary N) is 1. The Morgan fingerprint density at radius 2 is 2.27 bits per heavy atom. The summed E-state index contributed by atoms with van der Waals surface area (Å²) in [6.45, 7) is 5.08. The van der Waals surface area contributed by atoms with Crippen molar-refractivity contribution >= 4 is 0 Å². The third kappa shape index (κ3) is 2.51. The van der Waals surface area contributed by atoms with Crippen LogP contribution in [-0.4, -0.2) is 12.6 Å². The second-order valence-corrected chi connectivity index (χ2v) is 3.71. The predicted octanol–water partition coefficient (Wildman–Crippen LogP) is 1.53. The summed E-state index contributed by atoms with van der Waals surface area (Å²) in [6.07, 6.45) is 2.58. The van der Waals surface area contributed by atoms with Gasteiger partial charge in [0.1, 0.15) is 0 Å². The van der Waals surface area contributed by atoms with Gasteiger partial charge in [0.2, 0.25) is 0 Å². The molecule has 0 aliphatic heterocycles. The van der Waals surface area contributed by atoms with Crippen molar-refractivity contribution in [3.8, 4) is 6.07 Å². The van der Waals surface area contributed by atoms with Gasteiger partial charge in [0, 0.05) is 12.6 Å². The predicted molar refractivity (Wildman–Crippen MR) is 45.0 cm³/mol. The highest BCUT2D eigenvalue weighted by Gasteiger charge is 2.24. The van der Waals surface area contributed by atoms with E-state index in [2.05, 4.69) is 18.3 Å². The molecule has 62 valence electrons. The summed E-state index contributed by atoms with van der Waals surface area (Å²) in [5.74, 6) is 1.05. The van der Waals surface area contributed by atoms with Crippen molar-refractivity contribution in [1.82, 2.24) is 5.32 Å². The van der Waals surface area contributed by atoms with Crippen LogP contribution >= 0.6 is 0 Å². The maximum atomic E-state index is 8.50. The minimum Gasteiger partial charge on any atom is -0.313 e. The first-order valence-electron chi connectivity index (χ1n) is 4.35. The fourth-order valence-electron chi connectivity index (χ4n) is 1.46. The van der Waals surface area contributed by atoms with Crippen molar-refractivity contribution in [2.24, 2.45) is 11.8 Å². The van der Waals surface area contributed by atoms with E-state index in [9.17, 15) is 0 Å². The number of hydrogen-bond donors (Lipinski definition) is 1. The third-order valence-electron chi connectivity index (χ3n) is 2.31. The molecule has 11 heavy (non-hydrogen) atoms. The lowest BCUT2D eigenvalue weighted by Crippen LogP contribution is -2.41. The van der Waals surface area contributed by atoms with Crippen molar-refractivity contribution in [2.75, 3.05) is 6.54 Å². The molecule has 1 N–H and O–H groups in total. The van der Waals surface area contributed by atoms with Crippen LogP contribution in [0.25, 0.3) is 0 Å². The molecule has 1 atom stereocenters. The molecule has 1 aliphatic rings. The Labute approximate surface area is 68.6 Å². The topological polar surface area (TPSA) is 35.8 Å². The van der Waals surface area contributed by atoms with Crippen molar-refractivity contribution < 1.29 is 0 Å². The van der Waals surface area contributed by atoms with E-state index >= 15 is 0 Å². The van der Waals surface area contributed by atoms with Crippen LogP contribution in [0.1, 0.15) is 26.7 Å². The molecule has 0 heterocycles. The number of hydrogen-bond acceptors (Lipinski definition) is 2. The van der Waals surface area contributed by atoms with Gasteiger partial charge < -0.3 is 5.32 Å². The van der Waals surface area contributed by atoms with Crippen LogP contribution in [0, 0.1) is 23.2 Å². The first-order chi connectivity index (χ1) is 5.22. The van der Waals surface area contributed by atoms with E-state index in [0.29, 0.717) is 6.04 Å². The van der Waals surface area contributed by atoms with Crippen LogP contribution in [0.5, 0.6) is 0 Å². The highest BCUT2D eigenvalue weighted by molar-refractivity contribution is 4.86. The van der Waals surface area contributed by atoms with Gasteiger partial charge in [-0.15, -0.1) is 0 Å². The van der Waals surface area contributed by atoms with Crippen LogP contribution < -0.4 is 5.32 Å². The number of nitrogens with zero attached hydrogens (tertiary/aromatic N) is 1. The van der Waals surface area contributed by atoms with Gasteiger partial charge in [-0.1, -0.05) is 6.92 Å². The molecule has 0 aromatic rings. The Balaban J connectivity index is 2.01. The fourth-order valence-corrected chi connectivity index (χ4v) is 1.46. The summed E-state index contributed by atoms with van der Waals surface area (Å²) in [5, 5.41) is 11.9. The zero-order valence-electron chi connectivity index (χ0n) is 7.30. The van der Waals surface area contributed by atoms with Crippen LogP contribution in [0.4, 0.5) is 0 Å². The molecule has 0 amide bonds. The maximum Gasteiger partial charge on any atom is 0.0666 e. The van der Waals surface area contributed by atoms with Gasteiger partial charge in [-0.2, -0.15) is 5.26 Å². The summed E-state index contributed by atoms with van der Waals surface area (Å²) in [5.41, 5.74) is 0. The zero-order chi connectivity index (χ0) is 8.27. The fraction of sp³-hybridized carbons (Fsp3) is 0.889. The lowest BCUT2D eigenvalue weighted by atomic mass is 9.82. The van der Waals surface area contributed by atoms with Crippen molar-refractivity contribution in [3.63, 3.8) is 0 Å². The van der Waals surface area contributed by atoms with Crippen LogP contribution in [-0.2, 0) is 0 Å². The number of nitriles is 1. The van der Waals surface area contributed by atoms with Gasteiger partial charge >= 0.3 is 0 Å². The lowest BCUT2D eigenvalue weighted by molar-refractivity contribution is 0.238. The Bertz CT molecular complexity index is 153. The van der Waals surface area contributed by atoms with E-state index in [4.69, 9.17) is 5.26 Å². The van der Waals surface area contributed by atoms with Gasteiger partial charge in [0.25, 0.3) is 0 Å². The minimum absolute atomic E-state index is 0.158. The van der Waals surface area contributed by atoms with E-state index in [-0.39, 0.29) is 5.92 Å². The second kappa shape index (κ2) is 3.73. The zero-order valence-corrected chi connectivity index (χ0v) is 7.30. The standard InChI is InChI=1S/C9H16N2/c1-7-3-9(4-7)11-6-8(2)5-10/h7-9,11H,3-4,6H2,1-2H3. The van der Waals surface area contributed by atoms with Crippen molar-refractivity contribution in [3.05, 3.63) is 0 Å². The molecule has 2 heteroatoms. The van der Waals surface area contributed by atoms with Gasteiger partial charge in [-0.3, -0.25) is 0 Å². The molecular formula is C9H16N2. The van der Waals surface area contributed by atoms with Crippen LogP contribution in [0.3, 0.4) is 0 Å². The molecule has 1 saturated carbocycles. The van der Waals surface area contributed by atoms with E-state index in [0.717, 1.165) is 12.5 Å². The van der Waals surface area contributed by atoms with E-state index in [1.165, 1.54) is 12.8 Å². The molecule has 0 aromatic carbocycles. The maximum absolute atomic E-state index is 8.50. The van der Waals surface area contributed by atoms with Crippen molar-refractivity contribution in [2.45, 2.75) is 32.7 Å². The summed E-state index contributed by atoms with van der Waals surface area (Å²) >= 11 is 0. The monoisotopic (exact) mass is 152 g/mol. The van der Waals surface area contributed by atoms with E-state index in [1.807, 2.05) is 6.92 Å². The highest BCUT2D eigenvalue weighted by Crippen LogP contribution is 2.26. The Morgan fingerprint density at radius 3 is 2.73 bits per heavy atom. The second-order valence-electron chi connectivity index (χ2n) is 3.71.